The Morgan fingerprint density at radius 1 is 1.16 bits per heavy atom. The predicted octanol–water partition coefficient (Wildman–Crippen LogP) is 2.71. The fraction of sp³-hybridized carbons (Fsp3) is 0.300. The number of nitrogens with zero attached hydrogens (tertiary/aromatic N) is 1. The van der Waals surface area contributed by atoms with Gasteiger partial charge in [0.1, 0.15) is 5.82 Å². The van der Waals surface area contributed by atoms with Crippen LogP contribution in [0.1, 0.15) is 17.5 Å². The van der Waals surface area contributed by atoms with E-state index < -0.39 is 0 Å². The molecule has 1 fully saturated rings. The van der Waals surface area contributed by atoms with Crippen molar-refractivity contribution in [2.45, 2.75) is 19.3 Å². The van der Waals surface area contributed by atoms with Crippen molar-refractivity contribution in [2.75, 3.05) is 18.5 Å². The van der Waals surface area contributed by atoms with Crippen LogP contribution in [0.15, 0.2) is 48.5 Å². The molecule has 1 atom stereocenters. The van der Waals surface area contributed by atoms with Gasteiger partial charge in [-0.25, -0.2) is 4.39 Å². The van der Waals surface area contributed by atoms with Gasteiger partial charge in [-0.1, -0.05) is 24.3 Å². The molecular weight excluding hydrogens is 319 g/mol. The summed E-state index contributed by atoms with van der Waals surface area (Å²) in [6, 6.07) is 14.4. The van der Waals surface area contributed by atoms with Crippen LogP contribution in [0.4, 0.5) is 10.1 Å². The van der Waals surface area contributed by atoms with Crippen LogP contribution in [0.25, 0.3) is 0 Å². The van der Waals surface area contributed by atoms with Gasteiger partial charge in [-0.3, -0.25) is 9.59 Å². The lowest BCUT2D eigenvalue weighted by molar-refractivity contribution is -0.125. The summed E-state index contributed by atoms with van der Waals surface area (Å²) < 4.78 is 13.2. The summed E-state index contributed by atoms with van der Waals surface area (Å²) in [5.74, 6) is -0.625. The number of carbonyl (C=O) groups is 2. The van der Waals surface area contributed by atoms with Crippen LogP contribution in [0.3, 0.4) is 0 Å². The van der Waals surface area contributed by atoms with Crippen LogP contribution in [0, 0.1) is 11.7 Å². The minimum absolute atomic E-state index is 0.0267. The average Bonchev–Trinajstić information content (AvgIpc) is 3.01. The standard InChI is InChI=1S/C20H21FN2O2/c1-22-20(25)16-12-19(24)23(13-16)18-9-7-14(8-10-18)5-6-15-3-2-4-17(21)11-15/h2-4,7-11,16H,5-6,12-13H2,1H3,(H,22,25). The van der Waals surface area contributed by atoms with Crippen molar-refractivity contribution in [3.8, 4) is 0 Å². The molecule has 3 rings (SSSR count). The van der Waals surface area contributed by atoms with E-state index in [0.717, 1.165) is 29.7 Å². The second-order valence-electron chi connectivity index (χ2n) is 6.32. The van der Waals surface area contributed by atoms with Crippen LogP contribution < -0.4 is 10.2 Å². The summed E-state index contributed by atoms with van der Waals surface area (Å²) in [5.41, 5.74) is 2.90. The maximum absolute atomic E-state index is 13.2. The summed E-state index contributed by atoms with van der Waals surface area (Å²) in [4.78, 5) is 25.5. The van der Waals surface area contributed by atoms with Crippen molar-refractivity contribution in [3.63, 3.8) is 0 Å². The van der Waals surface area contributed by atoms with E-state index in [0.29, 0.717) is 6.54 Å². The van der Waals surface area contributed by atoms with E-state index in [4.69, 9.17) is 0 Å². The Morgan fingerprint density at radius 3 is 2.56 bits per heavy atom. The Morgan fingerprint density at radius 2 is 1.88 bits per heavy atom. The Balaban J connectivity index is 1.62. The van der Waals surface area contributed by atoms with Crippen molar-refractivity contribution < 1.29 is 14.0 Å². The van der Waals surface area contributed by atoms with Crippen molar-refractivity contribution in [1.29, 1.82) is 0 Å². The fourth-order valence-electron chi connectivity index (χ4n) is 3.16. The van der Waals surface area contributed by atoms with Gasteiger partial charge in [0.2, 0.25) is 11.8 Å². The van der Waals surface area contributed by atoms with E-state index in [2.05, 4.69) is 5.32 Å². The monoisotopic (exact) mass is 340 g/mol. The van der Waals surface area contributed by atoms with Crippen LogP contribution >= 0.6 is 0 Å². The zero-order valence-electron chi connectivity index (χ0n) is 14.2. The van der Waals surface area contributed by atoms with Gasteiger partial charge in [0.15, 0.2) is 0 Å². The summed E-state index contributed by atoms with van der Waals surface area (Å²) >= 11 is 0. The topological polar surface area (TPSA) is 49.4 Å². The minimum atomic E-state index is -0.287. The highest BCUT2D eigenvalue weighted by atomic mass is 19.1. The van der Waals surface area contributed by atoms with Gasteiger partial charge in [0.25, 0.3) is 0 Å². The molecule has 0 radical (unpaired) electrons. The number of aryl methyl sites for hydroxylation is 2. The molecule has 0 bridgehead atoms. The number of nitrogens with one attached hydrogen (secondary N) is 1. The molecule has 0 saturated carbocycles. The Kier molecular flexibility index (Phi) is 5.12. The summed E-state index contributed by atoms with van der Waals surface area (Å²) in [6.07, 6.45) is 1.82. The molecule has 0 spiro atoms. The van der Waals surface area contributed by atoms with Gasteiger partial charge in [0.05, 0.1) is 5.92 Å². The molecule has 0 aromatic heterocycles. The first-order valence-electron chi connectivity index (χ1n) is 8.42. The second-order valence-corrected chi connectivity index (χ2v) is 6.32. The van der Waals surface area contributed by atoms with Gasteiger partial charge in [-0.2, -0.15) is 0 Å². The molecule has 0 aliphatic carbocycles. The van der Waals surface area contributed by atoms with E-state index >= 15 is 0 Å². The first-order valence-corrected chi connectivity index (χ1v) is 8.42. The number of hydrogen-bond acceptors (Lipinski definition) is 2. The van der Waals surface area contributed by atoms with Crippen LogP contribution in [-0.2, 0) is 22.4 Å². The summed E-state index contributed by atoms with van der Waals surface area (Å²) in [7, 11) is 1.59. The van der Waals surface area contributed by atoms with Gasteiger partial charge >= 0.3 is 0 Å². The molecule has 1 aliphatic rings. The van der Waals surface area contributed by atoms with Crippen molar-refractivity contribution in [2.24, 2.45) is 5.92 Å². The third-order valence-electron chi connectivity index (χ3n) is 4.58. The molecule has 2 amide bonds. The number of halogens is 1. The molecule has 130 valence electrons. The molecule has 4 nitrogen and oxygen atoms in total. The molecule has 2 aromatic carbocycles. The van der Waals surface area contributed by atoms with Crippen molar-refractivity contribution in [3.05, 3.63) is 65.5 Å². The Labute approximate surface area is 146 Å². The number of anilines is 1. The van der Waals surface area contributed by atoms with Gasteiger partial charge in [-0.15, -0.1) is 0 Å². The van der Waals surface area contributed by atoms with Crippen molar-refractivity contribution in [1.82, 2.24) is 5.32 Å². The van der Waals surface area contributed by atoms with E-state index in [-0.39, 0.29) is 30.0 Å². The number of amides is 2. The minimum Gasteiger partial charge on any atom is -0.359 e. The van der Waals surface area contributed by atoms with Crippen LogP contribution in [0.5, 0.6) is 0 Å². The molecular formula is C20H21FN2O2. The maximum atomic E-state index is 13.2. The van der Waals surface area contributed by atoms with E-state index in [1.807, 2.05) is 30.3 Å². The van der Waals surface area contributed by atoms with Gasteiger partial charge in [0, 0.05) is 25.7 Å². The average molecular weight is 340 g/mol. The quantitative estimate of drug-likeness (QED) is 0.910. The lowest BCUT2D eigenvalue weighted by Gasteiger charge is -2.17. The first kappa shape index (κ1) is 17.1. The summed E-state index contributed by atoms with van der Waals surface area (Å²) in [5, 5.41) is 2.60. The largest absolute Gasteiger partial charge is 0.359 e. The molecule has 1 unspecified atom stereocenters. The lowest BCUT2D eigenvalue weighted by Crippen LogP contribution is -2.30. The van der Waals surface area contributed by atoms with Crippen LogP contribution in [0.2, 0.25) is 0 Å². The molecule has 1 saturated heterocycles. The fourth-order valence-corrected chi connectivity index (χ4v) is 3.16. The third-order valence-corrected chi connectivity index (χ3v) is 4.58. The SMILES string of the molecule is CNC(=O)C1CC(=O)N(c2ccc(CCc3cccc(F)c3)cc2)C1. The van der Waals surface area contributed by atoms with E-state index in [1.165, 1.54) is 6.07 Å². The molecule has 1 N–H and O–H groups in total. The summed E-state index contributed by atoms with van der Waals surface area (Å²) in [6.45, 7) is 0.418. The highest BCUT2D eigenvalue weighted by Gasteiger charge is 2.34. The Hall–Kier alpha value is -2.69. The molecule has 2 aromatic rings. The van der Waals surface area contributed by atoms with Crippen molar-refractivity contribution >= 4 is 17.5 Å². The third kappa shape index (κ3) is 4.05. The molecule has 1 aliphatic heterocycles. The second kappa shape index (κ2) is 7.47. The highest BCUT2D eigenvalue weighted by molar-refractivity contribution is 6.00. The number of carbonyl (C=O) groups excluding carboxylic acids is 2. The smallest absolute Gasteiger partial charge is 0.227 e. The molecule has 5 heteroatoms. The maximum Gasteiger partial charge on any atom is 0.227 e. The number of benzene rings is 2. The zero-order chi connectivity index (χ0) is 17.8. The van der Waals surface area contributed by atoms with Crippen LogP contribution in [-0.4, -0.2) is 25.4 Å². The predicted molar refractivity (Wildman–Crippen MR) is 94.8 cm³/mol. The lowest BCUT2D eigenvalue weighted by atomic mass is 10.0. The highest BCUT2D eigenvalue weighted by Crippen LogP contribution is 2.25. The normalized spacial score (nSPS) is 17.0. The van der Waals surface area contributed by atoms with Gasteiger partial charge in [-0.05, 0) is 48.2 Å². The molecule has 1 heterocycles. The molecule has 25 heavy (non-hydrogen) atoms. The first-order chi connectivity index (χ1) is 12.1. The number of hydrogen-bond donors (Lipinski definition) is 1. The zero-order valence-corrected chi connectivity index (χ0v) is 14.2. The van der Waals surface area contributed by atoms with E-state index in [9.17, 15) is 14.0 Å². The Bertz CT molecular complexity index is 774. The number of rotatable bonds is 5. The van der Waals surface area contributed by atoms with Gasteiger partial charge < -0.3 is 10.2 Å². The van der Waals surface area contributed by atoms with E-state index in [1.54, 1.807) is 24.1 Å².